The SMILES string of the molecule is O=C(Cc1ccc2c(c1)OCCCO2)N1CCc2ccccc21. The molecule has 2 aromatic rings. The Bertz CT molecular complexity index is 741. The first-order chi connectivity index (χ1) is 11.3. The van der Waals surface area contributed by atoms with Gasteiger partial charge < -0.3 is 14.4 Å². The third-order valence-corrected chi connectivity index (χ3v) is 4.36. The monoisotopic (exact) mass is 309 g/mol. The fourth-order valence-corrected chi connectivity index (χ4v) is 3.19. The number of amides is 1. The van der Waals surface area contributed by atoms with Crippen molar-refractivity contribution in [2.75, 3.05) is 24.7 Å². The number of nitrogens with zero attached hydrogens (tertiary/aromatic N) is 1. The average Bonchev–Trinajstić information content (AvgIpc) is 2.86. The molecule has 2 aromatic carbocycles. The number of para-hydroxylation sites is 1. The zero-order valence-electron chi connectivity index (χ0n) is 13.0. The van der Waals surface area contributed by atoms with Crippen LogP contribution < -0.4 is 14.4 Å². The van der Waals surface area contributed by atoms with E-state index in [-0.39, 0.29) is 5.91 Å². The van der Waals surface area contributed by atoms with Gasteiger partial charge in [-0.15, -0.1) is 0 Å². The average molecular weight is 309 g/mol. The molecular formula is C19H19NO3. The van der Waals surface area contributed by atoms with Crippen LogP contribution in [0, 0.1) is 0 Å². The molecule has 0 saturated heterocycles. The predicted octanol–water partition coefficient (Wildman–Crippen LogP) is 2.98. The van der Waals surface area contributed by atoms with E-state index in [2.05, 4.69) is 6.07 Å². The van der Waals surface area contributed by atoms with Crippen molar-refractivity contribution in [2.24, 2.45) is 0 Å². The van der Waals surface area contributed by atoms with Gasteiger partial charge in [-0.05, 0) is 35.7 Å². The number of benzene rings is 2. The van der Waals surface area contributed by atoms with Crippen molar-refractivity contribution in [3.05, 3.63) is 53.6 Å². The fourth-order valence-electron chi connectivity index (χ4n) is 3.19. The summed E-state index contributed by atoms with van der Waals surface area (Å²) >= 11 is 0. The molecule has 23 heavy (non-hydrogen) atoms. The van der Waals surface area contributed by atoms with Crippen LogP contribution in [0.1, 0.15) is 17.5 Å². The molecule has 2 heterocycles. The molecule has 0 aliphatic carbocycles. The van der Waals surface area contributed by atoms with Gasteiger partial charge in [-0.3, -0.25) is 4.79 Å². The van der Waals surface area contributed by atoms with Gasteiger partial charge in [-0.1, -0.05) is 24.3 Å². The molecule has 1 amide bonds. The first-order valence-corrected chi connectivity index (χ1v) is 8.08. The maximum Gasteiger partial charge on any atom is 0.231 e. The highest BCUT2D eigenvalue weighted by molar-refractivity contribution is 5.96. The van der Waals surface area contributed by atoms with Crippen molar-refractivity contribution >= 4 is 11.6 Å². The van der Waals surface area contributed by atoms with Crippen LogP contribution in [0.4, 0.5) is 5.69 Å². The van der Waals surface area contributed by atoms with E-state index in [1.165, 1.54) is 5.56 Å². The third kappa shape index (κ3) is 2.77. The Kier molecular flexibility index (Phi) is 3.66. The molecule has 4 rings (SSSR count). The Hall–Kier alpha value is -2.49. The summed E-state index contributed by atoms with van der Waals surface area (Å²) in [6.45, 7) is 2.10. The van der Waals surface area contributed by atoms with Gasteiger partial charge in [0.1, 0.15) is 0 Å². The van der Waals surface area contributed by atoms with E-state index < -0.39 is 0 Å². The van der Waals surface area contributed by atoms with Gasteiger partial charge in [0.2, 0.25) is 5.91 Å². The van der Waals surface area contributed by atoms with E-state index in [1.807, 2.05) is 41.3 Å². The number of hydrogen-bond donors (Lipinski definition) is 0. The summed E-state index contributed by atoms with van der Waals surface area (Å²) in [4.78, 5) is 14.6. The normalized spacial score (nSPS) is 15.9. The van der Waals surface area contributed by atoms with Gasteiger partial charge in [-0.25, -0.2) is 0 Å². The highest BCUT2D eigenvalue weighted by Gasteiger charge is 2.24. The van der Waals surface area contributed by atoms with E-state index in [1.54, 1.807) is 0 Å². The fraction of sp³-hybridized carbons (Fsp3) is 0.316. The van der Waals surface area contributed by atoms with Crippen molar-refractivity contribution in [3.8, 4) is 11.5 Å². The second kappa shape index (κ2) is 5.95. The van der Waals surface area contributed by atoms with Crippen LogP contribution in [0.5, 0.6) is 11.5 Å². The quantitative estimate of drug-likeness (QED) is 0.856. The molecule has 0 fully saturated rings. The van der Waals surface area contributed by atoms with E-state index >= 15 is 0 Å². The summed E-state index contributed by atoms with van der Waals surface area (Å²) in [5.41, 5.74) is 3.26. The van der Waals surface area contributed by atoms with Crippen molar-refractivity contribution in [1.82, 2.24) is 0 Å². The van der Waals surface area contributed by atoms with Crippen LogP contribution in [0.15, 0.2) is 42.5 Å². The zero-order valence-corrected chi connectivity index (χ0v) is 13.0. The number of anilines is 1. The minimum atomic E-state index is 0.129. The number of hydrogen-bond acceptors (Lipinski definition) is 3. The molecular weight excluding hydrogens is 290 g/mol. The zero-order chi connectivity index (χ0) is 15.6. The van der Waals surface area contributed by atoms with E-state index in [0.717, 1.165) is 42.1 Å². The van der Waals surface area contributed by atoms with E-state index in [9.17, 15) is 4.79 Å². The van der Waals surface area contributed by atoms with Gasteiger partial charge >= 0.3 is 0 Å². The molecule has 0 atom stereocenters. The molecule has 118 valence electrons. The number of rotatable bonds is 2. The summed E-state index contributed by atoms with van der Waals surface area (Å²) in [5.74, 6) is 1.64. The Morgan fingerprint density at radius 2 is 1.87 bits per heavy atom. The lowest BCUT2D eigenvalue weighted by Gasteiger charge is -2.17. The maximum atomic E-state index is 12.7. The predicted molar refractivity (Wildman–Crippen MR) is 88.3 cm³/mol. The number of carbonyl (C=O) groups excluding carboxylic acids is 1. The molecule has 0 radical (unpaired) electrons. The van der Waals surface area contributed by atoms with Crippen LogP contribution in [0.2, 0.25) is 0 Å². The number of ether oxygens (including phenoxy) is 2. The molecule has 0 aromatic heterocycles. The summed E-state index contributed by atoms with van der Waals surface area (Å²) in [7, 11) is 0. The van der Waals surface area contributed by atoms with E-state index in [4.69, 9.17) is 9.47 Å². The smallest absolute Gasteiger partial charge is 0.231 e. The molecule has 0 bridgehead atoms. The summed E-state index contributed by atoms with van der Waals surface area (Å²) < 4.78 is 11.3. The van der Waals surface area contributed by atoms with Gasteiger partial charge in [0, 0.05) is 18.7 Å². The molecule has 2 aliphatic heterocycles. The van der Waals surface area contributed by atoms with Crippen molar-refractivity contribution in [3.63, 3.8) is 0 Å². The van der Waals surface area contributed by atoms with Gasteiger partial charge in [0.05, 0.1) is 19.6 Å². The minimum absolute atomic E-state index is 0.129. The van der Waals surface area contributed by atoms with Gasteiger partial charge in [0.25, 0.3) is 0 Å². The molecule has 0 N–H and O–H groups in total. The lowest BCUT2D eigenvalue weighted by atomic mass is 10.1. The largest absolute Gasteiger partial charge is 0.490 e. The first-order valence-electron chi connectivity index (χ1n) is 8.08. The van der Waals surface area contributed by atoms with Crippen molar-refractivity contribution in [2.45, 2.75) is 19.3 Å². The summed E-state index contributed by atoms with van der Waals surface area (Å²) in [5, 5.41) is 0. The van der Waals surface area contributed by atoms with Crippen LogP contribution in [-0.4, -0.2) is 25.7 Å². The van der Waals surface area contributed by atoms with Crippen LogP contribution in [0.3, 0.4) is 0 Å². The molecule has 0 unspecified atom stereocenters. The Morgan fingerprint density at radius 3 is 2.78 bits per heavy atom. The highest BCUT2D eigenvalue weighted by atomic mass is 16.5. The Balaban J connectivity index is 1.52. The van der Waals surface area contributed by atoms with E-state index in [0.29, 0.717) is 19.6 Å². The summed E-state index contributed by atoms with van der Waals surface area (Å²) in [6, 6.07) is 13.9. The maximum absolute atomic E-state index is 12.7. The molecule has 4 heteroatoms. The number of fused-ring (bicyclic) bond motifs is 2. The van der Waals surface area contributed by atoms with Gasteiger partial charge in [-0.2, -0.15) is 0 Å². The van der Waals surface area contributed by atoms with Crippen molar-refractivity contribution in [1.29, 1.82) is 0 Å². The van der Waals surface area contributed by atoms with Crippen LogP contribution in [0.25, 0.3) is 0 Å². The lowest BCUT2D eigenvalue weighted by molar-refractivity contribution is -0.117. The molecule has 0 spiro atoms. The van der Waals surface area contributed by atoms with Crippen LogP contribution in [-0.2, 0) is 17.6 Å². The molecule has 2 aliphatic rings. The lowest BCUT2D eigenvalue weighted by Crippen LogP contribution is -2.30. The molecule has 0 saturated carbocycles. The minimum Gasteiger partial charge on any atom is -0.490 e. The van der Waals surface area contributed by atoms with Crippen LogP contribution >= 0.6 is 0 Å². The summed E-state index contributed by atoms with van der Waals surface area (Å²) in [6.07, 6.45) is 2.20. The second-order valence-corrected chi connectivity index (χ2v) is 5.93. The Labute approximate surface area is 135 Å². The Morgan fingerprint density at radius 1 is 1.04 bits per heavy atom. The second-order valence-electron chi connectivity index (χ2n) is 5.93. The topological polar surface area (TPSA) is 38.8 Å². The number of carbonyl (C=O) groups is 1. The van der Waals surface area contributed by atoms with Crippen molar-refractivity contribution < 1.29 is 14.3 Å². The third-order valence-electron chi connectivity index (χ3n) is 4.36. The molecule has 4 nitrogen and oxygen atoms in total. The first kappa shape index (κ1) is 14.1. The highest BCUT2D eigenvalue weighted by Crippen LogP contribution is 2.32. The van der Waals surface area contributed by atoms with Gasteiger partial charge in [0.15, 0.2) is 11.5 Å². The standard InChI is InChI=1S/C19H19NO3/c21-19(20-9-8-15-4-1-2-5-16(15)20)13-14-6-7-17-18(12-14)23-11-3-10-22-17/h1-2,4-7,12H,3,8-11,13H2.